The number of benzene rings is 1. The first-order chi connectivity index (χ1) is 5.65. The maximum atomic E-state index is 11.2. The maximum absolute atomic E-state index is 11.2. The third kappa shape index (κ3) is 2.53. The van der Waals surface area contributed by atoms with Crippen LogP contribution in [0, 0.1) is 3.57 Å². The third-order valence-electron chi connectivity index (χ3n) is 1.36. The van der Waals surface area contributed by atoms with Gasteiger partial charge >= 0.3 is 0 Å². The summed E-state index contributed by atoms with van der Waals surface area (Å²) in [6, 6.07) is 5.59. The smallest absolute Gasteiger partial charge is 0.173 e. The molecule has 0 unspecified atom stereocenters. The molecule has 1 aromatic rings. The maximum Gasteiger partial charge on any atom is 0.173 e. The van der Waals surface area contributed by atoms with Crippen LogP contribution in [0.3, 0.4) is 0 Å². The molecule has 0 aliphatic heterocycles. The van der Waals surface area contributed by atoms with Gasteiger partial charge in [0.05, 0.1) is 5.33 Å². The molecule has 64 valence electrons. The van der Waals surface area contributed by atoms with Crippen molar-refractivity contribution in [2.24, 2.45) is 0 Å². The average Bonchev–Trinajstić information content (AvgIpc) is 2.08. The number of hydrogen-bond acceptors (Lipinski definition) is 1. The van der Waals surface area contributed by atoms with Gasteiger partial charge in [-0.05, 0) is 50.7 Å². The lowest BCUT2D eigenvalue weighted by Gasteiger charge is -1.99. The minimum atomic E-state index is 0.104. The highest BCUT2D eigenvalue weighted by molar-refractivity contribution is 14.1. The molecule has 1 nitrogen and oxygen atoms in total. The molecule has 1 rings (SSSR count). The van der Waals surface area contributed by atoms with Crippen LogP contribution in [-0.4, -0.2) is 11.1 Å². The molecule has 0 spiro atoms. The van der Waals surface area contributed by atoms with Gasteiger partial charge in [0.15, 0.2) is 5.78 Å². The first-order valence-corrected chi connectivity index (χ1v) is 6.18. The summed E-state index contributed by atoms with van der Waals surface area (Å²) < 4.78 is 2.08. The number of carbonyl (C=O) groups excluding carboxylic acids is 1. The number of Topliss-reactive ketones (excluding diaryl/α,β-unsaturated/α-hetero) is 1. The van der Waals surface area contributed by atoms with E-state index < -0.39 is 0 Å². The van der Waals surface area contributed by atoms with E-state index in [0.717, 1.165) is 13.6 Å². The summed E-state index contributed by atoms with van der Waals surface area (Å²) in [4.78, 5) is 11.2. The molecule has 0 aliphatic carbocycles. The standard InChI is InChI=1S/C8H5Br2IO/c9-4-8(12)5-1-2-7(11)6(10)3-5/h1-3H,4H2. The van der Waals surface area contributed by atoms with Crippen LogP contribution >= 0.6 is 54.5 Å². The van der Waals surface area contributed by atoms with Crippen LogP contribution in [0.25, 0.3) is 0 Å². The highest BCUT2D eigenvalue weighted by Gasteiger charge is 2.05. The van der Waals surface area contributed by atoms with E-state index in [1.165, 1.54) is 0 Å². The molecule has 12 heavy (non-hydrogen) atoms. The Morgan fingerprint density at radius 2 is 2.17 bits per heavy atom. The second-order valence-corrected chi connectivity index (χ2v) is 4.76. The van der Waals surface area contributed by atoms with E-state index >= 15 is 0 Å². The van der Waals surface area contributed by atoms with Crippen LogP contribution < -0.4 is 0 Å². The quantitative estimate of drug-likeness (QED) is 0.418. The zero-order valence-electron chi connectivity index (χ0n) is 5.98. The van der Waals surface area contributed by atoms with Gasteiger partial charge in [-0.3, -0.25) is 4.79 Å². The predicted octanol–water partition coefficient (Wildman–Crippen LogP) is 3.63. The highest BCUT2D eigenvalue weighted by atomic mass is 127. The molecule has 0 heterocycles. The van der Waals surface area contributed by atoms with Crippen molar-refractivity contribution in [3.05, 3.63) is 31.8 Å². The van der Waals surface area contributed by atoms with E-state index in [-0.39, 0.29) is 5.78 Å². The van der Waals surface area contributed by atoms with Crippen LogP contribution in [0.4, 0.5) is 0 Å². The highest BCUT2D eigenvalue weighted by Crippen LogP contribution is 2.20. The molecule has 0 fully saturated rings. The molecule has 0 saturated heterocycles. The van der Waals surface area contributed by atoms with Gasteiger partial charge in [-0.1, -0.05) is 22.0 Å². The van der Waals surface area contributed by atoms with Crippen molar-refractivity contribution in [1.29, 1.82) is 0 Å². The van der Waals surface area contributed by atoms with E-state index in [9.17, 15) is 4.79 Å². The monoisotopic (exact) mass is 402 g/mol. The Kier molecular flexibility index (Phi) is 4.19. The third-order valence-corrected chi connectivity index (χ3v) is 4.21. The lowest BCUT2D eigenvalue weighted by molar-refractivity contribution is 0.102. The summed E-state index contributed by atoms with van der Waals surface area (Å²) in [5, 5.41) is 0.375. The number of hydrogen-bond donors (Lipinski definition) is 0. The predicted molar refractivity (Wildman–Crippen MR) is 65.0 cm³/mol. The number of rotatable bonds is 2. The lowest BCUT2D eigenvalue weighted by atomic mass is 10.2. The zero-order chi connectivity index (χ0) is 9.14. The summed E-state index contributed by atoms with van der Waals surface area (Å²) in [6.07, 6.45) is 0. The van der Waals surface area contributed by atoms with Crippen molar-refractivity contribution in [3.63, 3.8) is 0 Å². The number of alkyl halides is 1. The van der Waals surface area contributed by atoms with E-state index in [1.807, 2.05) is 18.2 Å². The second kappa shape index (κ2) is 4.72. The molecule has 0 N–H and O–H groups in total. The summed E-state index contributed by atoms with van der Waals surface area (Å²) in [6.45, 7) is 0. The van der Waals surface area contributed by atoms with Gasteiger partial charge in [-0.25, -0.2) is 0 Å². The van der Waals surface area contributed by atoms with E-state index in [1.54, 1.807) is 0 Å². The van der Waals surface area contributed by atoms with Crippen molar-refractivity contribution in [2.45, 2.75) is 0 Å². The molecule has 0 amide bonds. The van der Waals surface area contributed by atoms with Gasteiger partial charge in [-0.2, -0.15) is 0 Å². The van der Waals surface area contributed by atoms with Crippen LogP contribution in [0.1, 0.15) is 10.4 Å². The number of ketones is 1. The zero-order valence-corrected chi connectivity index (χ0v) is 11.3. The molecular formula is C8H5Br2IO. The van der Waals surface area contributed by atoms with E-state index in [2.05, 4.69) is 54.5 Å². The Balaban J connectivity index is 3.05. The molecule has 0 bridgehead atoms. The molecule has 1 aromatic carbocycles. The van der Waals surface area contributed by atoms with Crippen molar-refractivity contribution in [1.82, 2.24) is 0 Å². The molecule has 4 heteroatoms. The van der Waals surface area contributed by atoms with Crippen LogP contribution in [0.2, 0.25) is 0 Å². The largest absolute Gasteiger partial charge is 0.293 e. The van der Waals surface area contributed by atoms with Crippen LogP contribution in [0.15, 0.2) is 22.7 Å². The van der Waals surface area contributed by atoms with Crippen LogP contribution in [0.5, 0.6) is 0 Å². The van der Waals surface area contributed by atoms with Gasteiger partial charge in [-0.15, -0.1) is 0 Å². The van der Waals surface area contributed by atoms with E-state index in [4.69, 9.17) is 0 Å². The van der Waals surface area contributed by atoms with Gasteiger partial charge in [0.25, 0.3) is 0 Å². The summed E-state index contributed by atoms with van der Waals surface area (Å²) >= 11 is 8.70. The fourth-order valence-electron chi connectivity index (χ4n) is 0.747. The average molecular weight is 404 g/mol. The van der Waals surface area contributed by atoms with Crippen LogP contribution in [-0.2, 0) is 0 Å². The van der Waals surface area contributed by atoms with Crippen molar-refractivity contribution in [3.8, 4) is 0 Å². The summed E-state index contributed by atoms with van der Waals surface area (Å²) in [5.41, 5.74) is 0.735. The van der Waals surface area contributed by atoms with Gasteiger partial charge in [0.2, 0.25) is 0 Å². The Bertz CT molecular complexity index is 312. The molecule has 0 aliphatic rings. The first-order valence-electron chi connectivity index (χ1n) is 3.19. The molecular weight excluding hydrogens is 399 g/mol. The summed E-state index contributed by atoms with van der Waals surface area (Å²) in [5.74, 6) is 0.104. The fraction of sp³-hybridized carbons (Fsp3) is 0.125. The normalized spacial score (nSPS) is 9.92. The van der Waals surface area contributed by atoms with E-state index in [0.29, 0.717) is 5.33 Å². The topological polar surface area (TPSA) is 17.1 Å². The minimum Gasteiger partial charge on any atom is -0.293 e. The Morgan fingerprint density at radius 1 is 1.50 bits per heavy atom. The molecule has 0 aromatic heterocycles. The SMILES string of the molecule is O=C(CBr)c1ccc(I)c(Br)c1. The van der Waals surface area contributed by atoms with Crippen molar-refractivity contribution in [2.75, 3.05) is 5.33 Å². The lowest BCUT2D eigenvalue weighted by Crippen LogP contribution is -1.99. The number of halogens is 3. The number of carbonyl (C=O) groups is 1. The molecule has 0 atom stereocenters. The Hall–Kier alpha value is 0.580. The minimum absolute atomic E-state index is 0.104. The molecule has 0 saturated carbocycles. The second-order valence-electron chi connectivity index (χ2n) is 2.19. The van der Waals surface area contributed by atoms with Crippen molar-refractivity contribution >= 4 is 60.2 Å². The summed E-state index contributed by atoms with van der Waals surface area (Å²) in [7, 11) is 0. The van der Waals surface area contributed by atoms with Crippen molar-refractivity contribution < 1.29 is 4.79 Å². The Labute approximate surface area is 101 Å². The van der Waals surface area contributed by atoms with Gasteiger partial charge in [0.1, 0.15) is 0 Å². The van der Waals surface area contributed by atoms with Gasteiger partial charge in [0, 0.05) is 13.6 Å². The first kappa shape index (κ1) is 10.7. The van der Waals surface area contributed by atoms with Gasteiger partial charge < -0.3 is 0 Å². The Morgan fingerprint density at radius 3 is 2.67 bits per heavy atom. The molecule has 0 radical (unpaired) electrons. The fourth-order valence-corrected chi connectivity index (χ4v) is 1.78.